The van der Waals surface area contributed by atoms with Gasteiger partial charge >= 0.3 is 0 Å². The summed E-state index contributed by atoms with van der Waals surface area (Å²) in [6, 6.07) is 12.7. The Morgan fingerprint density at radius 3 is 2.65 bits per heavy atom. The molecule has 0 aliphatic heterocycles. The smallest absolute Gasteiger partial charge is 0.233 e. The normalized spacial score (nSPS) is 13.7. The van der Waals surface area contributed by atoms with Crippen LogP contribution in [0.1, 0.15) is 18.7 Å². The van der Waals surface area contributed by atoms with E-state index in [0.717, 1.165) is 4.90 Å². The van der Waals surface area contributed by atoms with Crippen molar-refractivity contribution in [3.8, 4) is 0 Å². The second kappa shape index (κ2) is 7.17. The van der Waals surface area contributed by atoms with Crippen LogP contribution in [0.4, 0.5) is 0 Å². The molecule has 0 bridgehead atoms. The maximum absolute atomic E-state index is 12.1. The Hall–Kier alpha value is -1.72. The third kappa shape index (κ3) is 3.88. The van der Waals surface area contributed by atoms with Gasteiger partial charge in [0.1, 0.15) is 11.8 Å². The summed E-state index contributed by atoms with van der Waals surface area (Å²) in [7, 11) is 0. The van der Waals surface area contributed by atoms with Gasteiger partial charge in [-0.15, -0.1) is 11.8 Å². The van der Waals surface area contributed by atoms with Crippen LogP contribution in [0.5, 0.6) is 0 Å². The number of carbonyl (C=O) groups is 1. The Kier molecular flexibility index (Phi) is 5.26. The molecule has 2 aromatic rings. The predicted octanol–water partition coefficient (Wildman–Crippen LogP) is 2.61. The fourth-order valence-electron chi connectivity index (χ4n) is 1.74. The zero-order valence-corrected chi connectivity index (χ0v) is 12.0. The molecule has 1 heterocycles. The molecular weight excluding hydrogens is 274 g/mol. The molecule has 4 nitrogen and oxygen atoms in total. The summed E-state index contributed by atoms with van der Waals surface area (Å²) in [5.41, 5.74) is 0. The van der Waals surface area contributed by atoms with Crippen LogP contribution in [-0.4, -0.2) is 22.9 Å². The molecule has 1 aromatic heterocycles. The van der Waals surface area contributed by atoms with Crippen LogP contribution >= 0.6 is 11.8 Å². The topological polar surface area (TPSA) is 62.5 Å². The van der Waals surface area contributed by atoms with Crippen LogP contribution in [0.2, 0.25) is 0 Å². The summed E-state index contributed by atoms with van der Waals surface area (Å²) in [6.45, 7) is 1.64. The van der Waals surface area contributed by atoms with Gasteiger partial charge in [0.25, 0.3) is 0 Å². The van der Waals surface area contributed by atoms with Crippen molar-refractivity contribution in [3.05, 3.63) is 54.5 Å². The van der Waals surface area contributed by atoms with E-state index < -0.39 is 6.04 Å². The number of thioether (sulfide) groups is 1. The minimum atomic E-state index is -0.503. The number of amides is 1. The Morgan fingerprint density at radius 2 is 2.05 bits per heavy atom. The van der Waals surface area contributed by atoms with Crippen LogP contribution in [0.25, 0.3) is 0 Å². The molecule has 1 amide bonds. The summed E-state index contributed by atoms with van der Waals surface area (Å²) in [5, 5.41) is 11.9. The van der Waals surface area contributed by atoms with E-state index >= 15 is 0 Å². The first-order valence-corrected chi connectivity index (χ1v) is 7.25. The monoisotopic (exact) mass is 291 g/mol. The van der Waals surface area contributed by atoms with Gasteiger partial charge in [-0.25, -0.2) is 0 Å². The van der Waals surface area contributed by atoms with Gasteiger partial charge in [-0.1, -0.05) is 18.2 Å². The molecule has 0 aliphatic carbocycles. The van der Waals surface area contributed by atoms with E-state index in [0.29, 0.717) is 5.76 Å². The van der Waals surface area contributed by atoms with E-state index in [1.54, 1.807) is 12.1 Å². The number of hydrogen-bond donors (Lipinski definition) is 2. The highest BCUT2D eigenvalue weighted by Gasteiger charge is 2.20. The molecule has 5 heteroatoms. The molecule has 0 aliphatic rings. The van der Waals surface area contributed by atoms with Crippen LogP contribution in [0, 0.1) is 0 Å². The molecule has 20 heavy (non-hydrogen) atoms. The van der Waals surface area contributed by atoms with Crippen molar-refractivity contribution in [1.29, 1.82) is 0 Å². The molecule has 1 aromatic carbocycles. The van der Waals surface area contributed by atoms with Crippen molar-refractivity contribution in [2.75, 3.05) is 6.61 Å². The number of aliphatic hydroxyl groups is 1. The van der Waals surface area contributed by atoms with Crippen molar-refractivity contribution in [3.63, 3.8) is 0 Å². The summed E-state index contributed by atoms with van der Waals surface area (Å²) in [4.78, 5) is 13.2. The lowest BCUT2D eigenvalue weighted by Gasteiger charge is -2.17. The number of carbonyl (C=O) groups excluding carboxylic acids is 1. The highest BCUT2D eigenvalue weighted by Crippen LogP contribution is 2.23. The maximum atomic E-state index is 12.1. The lowest BCUT2D eigenvalue weighted by atomic mass is 10.2. The molecule has 2 rings (SSSR count). The number of benzene rings is 1. The number of rotatable bonds is 6. The largest absolute Gasteiger partial charge is 0.467 e. The van der Waals surface area contributed by atoms with Gasteiger partial charge in [0.2, 0.25) is 5.91 Å². The first kappa shape index (κ1) is 14.7. The lowest BCUT2D eigenvalue weighted by Crippen LogP contribution is -2.35. The number of furan rings is 1. The third-order valence-corrected chi connectivity index (χ3v) is 3.92. The highest BCUT2D eigenvalue weighted by atomic mass is 32.2. The summed E-state index contributed by atoms with van der Waals surface area (Å²) in [5.74, 6) is 0.423. The van der Waals surface area contributed by atoms with Gasteiger partial charge in [-0.2, -0.15) is 0 Å². The Labute approximate surface area is 122 Å². The lowest BCUT2D eigenvalue weighted by molar-refractivity contribution is -0.121. The first-order valence-electron chi connectivity index (χ1n) is 6.37. The van der Waals surface area contributed by atoms with Crippen molar-refractivity contribution < 1.29 is 14.3 Å². The second-order valence-corrected chi connectivity index (χ2v) is 5.75. The Balaban J connectivity index is 1.93. The minimum absolute atomic E-state index is 0.130. The zero-order chi connectivity index (χ0) is 14.4. The zero-order valence-electron chi connectivity index (χ0n) is 11.2. The Bertz CT molecular complexity index is 527. The fraction of sp³-hybridized carbons (Fsp3) is 0.267. The van der Waals surface area contributed by atoms with Crippen LogP contribution in [0.15, 0.2) is 58.0 Å². The van der Waals surface area contributed by atoms with Gasteiger partial charge in [-0.05, 0) is 31.2 Å². The molecule has 2 N–H and O–H groups in total. The molecule has 0 fully saturated rings. The van der Waals surface area contributed by atoms with Crippen LogP contribution in [-0.2, 0) is 4.79 Å². The fourth-order valence-corrected chi connectivity index (χ4v) is 2.64. The molecular formula is C15H17NO3S. The summed E-state index contributed by atoms with van der Waals surface area (Å²) >= 11 is 1.48. The maximum Gasteiger partial charge on any atom is 0.233 e. The molecule has 0 spiro atoms. The number of aliphatic hydroxyl groups excluding tert-OH is 1. The van der Waals surface area contributed by atoms with E-state index in [1.165, 1.54) is 18.0 Å². The van der Waals surface area contributed by atoms with Gasteiger partial charge in [-0.3, -0.25) is 4.79 Å². The number of hydrogen-bond acceptors (Lipinski definition) is 4. The standard InChI is InChI=1S/C15H17NO3S/c1-11(20-12-6-3-2-4-7-12)15(18)16-13(10-17)14-8-5-9-19-14/h2-9,11,13,17H,10H2,1H3,(H,16,18). The third-order valence-electron chi connectivity index (χ3n) is 2.81. The molecule has 2 unspecified atom stereocenters. The van der Waals surface area contributed by atoms with Gasteiger partial charge in [0.15, 0.2) is 0 Å². The van der Waals surface area contributed by atoms with Crippen molar-refractivity contribution in [1.82, 2.24) is 5.32 Å². The quantitative estimate of drug-likeness (QED) is 0.803. The highest BCUT2D eigenvalue weighted by molar-refractivity contribution is 8.00. The average molecular weight is 291 g/mol. The Morgan fingerprint density at radius 1 is 1.30 bits per heavy atom. The molecule has 0 saturated carbocycles. The van der Waals surface area contributed by atoms with Crippen molar-refractivity contribution in [2.24, 2.45) is 0 Å². The summed E-state index contributed by atoms with van der Waals surface area (Å²) in [6.07, 6.45) is 1.52. The minimum Gasteiger partial charge on any atom is -0.467 e. The molecule has 106 valence electrons. The average Bonchev–Trinajstić information content (AvgIpc) is 2.99. The van der Waals surface area contributed by atoms with E-state index in [4.69, 9.17) is 4.42 Å². The van der Waals surface area contributed by atoms with E-state index in [9.17, 15) is 9.90 Å². The van der Waals surface area contributed by atoms with Crippen molar-refractivity contribution >= 4 is 17.7 Å². The van der Waals surface area contributed by atoms with E-state index in [-0.39, 0.29) is 17.8 Å². The van der Waals surface area contributed by atoms with Crippen molar-refractivity contribution in [2.45, 2.75) is 23.1 Å². The second-order valence-electron chi connectivity index (χ2n) is 4.33. The van der Waals surface area contributed by atoms with Gasteiger partial charge < -0.3 is 14.8 Å². The van der Waals surface area contributed by atoms with Gasteiger partial charge in [0, 0.05) is 4.90 Å². The van der Waals surface area contributed by atoms with E-state index in [2.05, 4.69) is 5.32 Å². The summed E-state index contributed by atoms with van der Waals surface area (Å²) < 4.78 is 5.20. The SMILES string of the molecule is CC(Sc1ccccc1)C(=O)NC(CO)c1ccco1. The van der Waals surface area contributed by atoms with Crippen LogP contribution < -0.4 is 5.32 Å². The molecule has 0 radical (unpaired) electrons. The number of nitrogens with one attached hydrogen (secondary N) is 1. The molecule has 0 saturated heterocycles. The predicted molar refractivity (Wildman–Crippen MR) is 78.4 cm³/mol. The molecule has 2 atom stereocenters. The van der Waals surface area contributed by atoms with E-state index in [1.807, 2.05) is 37.3 Å². The first-order chi connectivity index (χ1) is 9.70. The van der Waals surface area contributed by atoms with Gasteiger partial charge in [0.05, 0.1) is 18.1 Å². The van der Waals surface area contributed by atoms with Crippen LogP contribution in [0.3, 0.4) is 0 Å².